The van der Waals surface area contributed by atoms with Gasteiger partial charge in [0.05, 0.1) is 0 Å². The number of hydrogen-bond donors (Lipinski definition) is 1. The topological polar surface area (TPSA) is 91.8 Å². The molecule has 1 aromatic carbocycles. The maximum absolute atomic E-state index is 12.9. The van der Waals surface area contributed by atoms with E-state index in [1.807, 2.05) is 57.2 Å². The highest BCUT2D eigenvalue weighted by atomic mass is 32.2. The van der Waals surface area contributed by atoms with Crippen molar-refractivity contribution in [1.29, 1.82) is 0 Å². The highest BCUT2D eigenvalue weighted by molar-refractivity contribution is 7.91. The van der Waals surface area contributed by atoms with Gasteiger partial charge < -0.3 is 14.5 Å². The van der Waals surface area contributed by atoms with Crippen LogP contribution in [0, 0.1) is 0 Å². The van der Waals surface area contributed by atoms with E-state index in [1.54, 1.807) is 17.2 Å². The lowest BCUT2D eigenvalue weighted by molar-refractivity contribution is 0.0240. The molecule has 0 unspecified atom stereocenters. The first-order valence-electron chi connectivity index (χ1n) is 11.8. The maximum atomic E-state index is 12.9. The number of rotatable bonds is 7. The van der Waals surface area contributed by atoms with E-state index in [0.717, 1.165) is 28.7 Å². The SMILES string of the molecule is CC(C)(C)OC(=O)N1CCN(c2nccc3sc(S(=O)(=O)NCCCc4ccccc4)cc23)CC1. The molecule has 1 amide bonds. The van der Waals surface area contributed by atoms with Gasteiger partial charge in [-0.2, -0.15) is 0 Å². The van der Waals surface area contributed by atoms with Crippen molar-refractivity contribution >= 4 is 43.4 Å². The summed E-state index contributed by atoms with van der Waals surface area (Å²) >= 11 is 1.25. The summed E-state index contributed by atoms with van der Waals surface area (Å²) < 4.78 is 35.2. The Morgan fingerprint density at radius 1 is 1.11 bits per heavy atom. The number of hydrogen-bond acceptors (Lipinski definition) is 7. The number of anilines is 1. The van der Waals surface area contributed by atoms with Crippen LogP contribution in [0.1, 0.15) is 32.8 Å². The number of benzene rings is 1. The number of carbonyl (C=O) groups excluding carboxylic acids is 1. The fourth-order valence-electron chi connectivity index (χ4n) is 3.95. The zero-order valence-corrected chi connectivity index (χ0v) is 22.0. The molecule has 3 aromatic rings. The molecule has 1 fully saturated rings. The molecule has 0 atom stereocenters. The predicted octanol–water partition coefficient (Wildman–Crippen LogP) is 4.26. The molecule has 3 heterocycles. The van der Waals surface area contributed by atoms with Gasteiger partial charge in [0.1, 0.15) is 15.6 Å². The van der Waals surface area contributed by atoms with Crippen molar-refractivity contribution in [2.45, 2.75) is 43.4 Å². The molecule has 4 rings (SSSR count). The van der Waals surface area contributed by atoms with E-state index in [0.29, 0.717) is 32.7 Å². The van der Waals surface area contributed by atoms with E-state index in [2.05, 4.69) is 14.6 Å². The molecule has 0 bridgehead atoms. The van der Waals surface area contributed by atoms with Crippen LogP contribution < -0.4 is 9.62 Å². The number of carbonyl (C=O) groups is 1. The number of nitrogens with one attached hydrogen (secondary N) is 1. The van der Waals surface area contributed by atoms with Crippen molar-refractivity contribution in [3.8, 4) is 0 Å². The molecule has 0 aliphatic carbocycles. The molecule has 1 aliphatic rings. The Bertz CT molecular complexity index is 1260. The van der Waals surface area contributed by atoms with Gasteiger partial charge in [0, 0.05) is 49.0 Å². The Balaban J connectivity index is 1.40. The number of thiophene rings is 1. The molecule has 2 aromatic heterocycles. The third-order valence-electron chi connectivity index (χ3n) is 5.67. The molecule has 1 aliphatic heterocycles. The van der Waals surface area contributed by atoms with Gasteiger partial charge in [-0.15, -0.1) is 11.3 Å². The van der Waals surface area contributed by atoms with Crippen molar-refractivity contribution < 1.29 is 17.9 Å². The van der Waals surface area contributed by atoms with Crippen molar-refractivity contribution in [2.75, 3.05) is 37.6 Å². The number of amides is 1. The van der Waals surface area contributed by atoms with Crippen LogP contribution in [0.4, 0.5) is 10.6 Å². The number of fused-ring (bicyclic) bond motifs is 1. The van der Waals surface area contributed by atoms with Crippen LogP contribution >= 0.6 is 11.3 Å². The third-order valence-corrected chi connectivity index (χ3v) is 8.71. The molecule has 1 saturated heterocycles. The quantitative estimate of drug-likeness (QED) is 0.472. The van der Waals surface area contributed by atoms with Crippen molar-refractivity contribution in [1.82, 2.24) is 14.6 Å². The van der Waals surface area contributed by atoms with Crippen molar-refractivity contribution in [3.05, 3.63) is 54.2 Å². The molecule has 10 heteroatoms. The Morgan fingerprint density at radius 2 is 1.83 bits per heavy atom. The lowest BCUT2D eigenvalue weighted by Crippen LogP contribution is -2.50. The average molecular weight is 517 g/mol. The van der Waals surface area contributed by atoms with Gasteiger partial charge in [0.25, 0.3) is 0 Å². The normalized spacial score (nSPS) is 14.9. The second kappa shape index (κ2) is 10.5. The van der Waals surface area contributed by atoms with Gasteiger partial charge in [-0.25, -0.2) is 22.9 Å². The average Bonchev–Trinajstić information content (AvgIpc) is 3.27. The fourth-order valence-corrected chi connectivity index (χ4v) is 6.45. The van der Waals surface area contributed by atoms with E-state index in [1.165, 1.54) is 16.9 Å². The smallest absolute Gasteiger partial charge is 0.410 e. The van der Waals surface area contributed by atoms with Crippen molar-refractivity contribution in [3.63, 3.8) is 0 Å². The summed E-state index contributed by atoms with van der Waals surface area (Å²) in [4.78, 5) is 20.7. The Labute approximate surface area is 211 Å². The first-order valence-corrected chi connectivity index (χ1v) is 14.1. The van der Waals surface area contributed by atoms with E-state index >= 15 is 0 Å². The van der Waals surface area contributed by atoms with Crippen LogP contribution in [0.3, 0.4) is 0 Å². The van der Waals surface area contributed by atoms with Crippen LogP contribution in [-0.2, 0) is 21.2 Å². The first-order chi connectivity index (χ1) is 16.6. The lowest BCUT2D eigenvalue weighted by Gasteiger charge is -2.36. The van der Waals surface area contributed by atoms with Crippen LogP contribution in [0.15, 0.2) is 52.9 Å². The summed E-state index contributed by atoms with van der Waals surface area (Å²) in [5.74, 6) is 0.744. The predicted molar refractivity (Wildman–Crippen MR) is 140 cm³/mol. The van der Waals surface area contributed by atoms with E-state index in [9.17, 15) is 13.2 Å². The summed E-state index contributed by atoms with van der Waals surface area (Å²) in [7, 11) is -3.61. The minimum atomic E-state index is -3.61. The fraction of sp³-hybridized carbons (Fsp3) is 0.440. The summed E-state index contributed by atoms with van der Waals surface area (Å²) in [6, 6.07) is 13.6. The van der Waals surface area contributed by atoms with Gasteiger partial charge in [0.15, 0.2) is 0 Å². The van der Waals surface area contributed by atoms with Crippen LogP contribution in [0.25, 0.3) is 10.1 Å². The molecule has 35 heavy (non-hydrogen) atoms. The number of sulfonamides is 1. The van der Waals surface area contributed by atoms with Gasteiger partial charge in [-0.3, -0.25) is 0 Å². The molecule has 8 nitrogen and oxygen atoms in total. The minimum absolute atomic E-state index is 0.286. The van der Waals surface area contributed by atoms with Gasteiger partial charge in [-0.05, 0) is 51.3 Å². The summed E-state index contributed by atoms with van der Waals surface area (Å²) in [5, 5.41) is 0.813. The second-order valence-electron chi connectivity index (χ2n) is 9.55. The lowest BCUT2D eigenvalue weighted by atomic mass is 10.1. The number of pyridine rings is 1. The zero-order valence-electron chi connectivity index (χ0n) is 20.4. The number of aromatic nitrogens is 1. The van der Waals surface area contributed by atoms with Gasteiger partial charge >= 0.3 is 6.09 Å². The zero-order chi connectivity index (χ0) is 25.1. The number of ether oxygens (including phenoxy) is 1. The summed E-state index contributed by atoms with van der Waals surface area (Å²) in [6.07, 6.45) is 2.94. The monoisotopic (exact) mass is 516 g/mol. The van der Waals surface area contributed by atoms with E-state index in [4.69, 9.17) is 4.74 Å². The third kappa shape index (κ3) is 6.50. The largest absolute Gasteiger partial charge is 0.444 e. The van der Waals surface area contributed by atoms with E-state index in [-0.39, 0.29) is 10.3 Å². The standard InChI is InChI=1S/C25H32N4O4S2/c1-25(2,3)33-24(30)29-16-14-28(15-17-29)23-20-18-22(34-21(20)11-13-26-23)35(31,32)27-12-7-10-19-8-5-4-6-9-19/h4-6,8-9,11,13,18,27H,7,10,12,14-17H2,1-3H3. The molecule has 0 spiro atoms. The minimum Gasteiger partial charge on any atom is -0.444 e. The highest BCUT2D eigenvalue weighted by Crippen LogP contribution is 2.34. The van der Waals surface area contributed by atoms with E-state index < -0.39 is 15.6 Å². The molecular formula is C25H32N4O4S2. The summed E-state index contributed by atoms with van der Waals surface area (Å²) in [5.41, 5.74) is 0.659. The Hall–Kier alpha value is -2.69. The highest BCUT2D eigenvalue weighted by Gasteiger charge is 2.27. The Kier molecular flexibility index (Phi) is 7.63. The Morgan fingerprint density at radius 3 is 2.51 bits per heavy atom. The molecule has 188 valence electrons. The van der Waals surface area contributed by atoms with Crippen LogP contribution in [0.2, 0.25) is 0 Å². The molecule has 0 saturated carbocycles. The molecule has 1 N–H and O–H groups in total. The van der Waals surface area contributed by atoms with Crippen LogP contribution in [0.5, 0.6) is 0 Å². The number of aryl methyl sites for hydroxylation is 1. The number of piperazine rings is 1. The van der Waals surface area contributed by atoms with Crippen LogP contribution in [-0.4, -0.2) is 62.7 Å². The maximum Gasteiger partial charge on any atom is 0.410 e. The van der Waals surface area contributed by atoms with Crippen molar-refractivity contribution in [2.24, 2.45) is 0 Å². The van der Waals surface area contributed by atoms with Gasteiger partial charge in [0.2, 0.25) is 10.0 Å². The number of nitrogens with zero attached hydrogens (tertiary/aromatic N) is 3. The first kappa shape index (κ1) is 25.4. The molecular weight excluding hydrogens is 484 g/mol. The molecule has 0 radical (unpaired) electrons. The second-order valence-corrected chi connectivity index (χ2v) is 12.6. The summed E-state index contributed by atoms with van der Waals surface area (Å²) in [6.45, 7) is 8.17. The van der Waals surface area contributed by atoms with Gasteiger partial charge in [-0.1, -0.05) is 30.3 Å².